The number of hydrogen-bond donors (Lipinski definition) is 1. The number of nitrogens with zero attached hydrogens (tertiary/aromatic N) is 1. The summed E-state index contributed by atoms with van der Waals surface area (Å²) in [6.45, 7) is 11.7. The van der Waals surface area contributed by atoms with Crippen molar-refractivity contribution < 1.29 is 0 Å². The summed E-state index contributed by atoms with van der Waals surface area (Å²) in [5.41, 5.74) is 1.97. The zero-order valence-electron chi connectivity index (χ0n) is 14.1. The summed E-state index contributed by atoms with van der Waals surface area (Å²) in [6, 6.07) is 11.5. The topological polar surface area (TPSA) is 15.3 Å². The van der Waals surface area contributed by atoms with Gasteiger partial charge in [0.05, 0.1) is 0 Å². The second-order valence-corrected chi connectivity index (χ2v) is 7.18. The van der Waals surface area contributed by atoms with E-state index in [2.05, 4.69) is 61.3 Å². The quantitative estimate of drug-likeness (QED) is 0.788. The first kappa shape index (κ1) is 16.5. The molecule has 1 heterocycles. The molecule has 0 bridgehead atoms. The Morgan fingerprint density at radius 1 is 1.14 bits per heavy atom. The summed E-state index contributed by atoms with van der Waals surface area (Å²) >= 11 is 0. The van der Waals surface area contributed by atoms with Crippen LogP contribution in [0.25, 0.3) is 0 Å². The lowest BCUT2D eigenvalue weighted by molar-refractivity contribution is 0.191. The zero-order valence-corrected chi connectivity index (χ0v) is 14.1. The minimum Gasteiger partial charge on any atom is -0.315 e. The lowest BCUT2D eigenvalue weighted by Crippen LogP contribution is -2.37. The van der Waals surface area contributed by atoms with Crippen molar-refractivity contribution in [1.82, 2.24) is 10.2 Å². The van der Waals surface area contributed by atoms with Crippen LogP contribution in [0.2, 0.25) is 0 Å². The van der Waals surface area contributed by atoms with Gasteiger partial charge in [-0.15, -0.1) is 0 Å². The van der Waals surface area contributed by atoms with Crippen LogP contribution < -0.4 is 5.32 Å². The molecule has 1 aromatic rings. The van der Waals surface area contributed by atoms with Crippen molar-refractivity contribution >= 4 is 0 Å². The highest BCUT2D eigenvalue weighted by Crippen LogP contribution is 2.32. The summed E-state index contributed by atoms with van der Waals surface area (Å²) in [5.74, 6) is 0. The summed E-state index contributed by atoms with van der Waals surface area (Å²) < 4.78 is 0. The Morgan fingerprint density at radius 3 is 2.62 bits per heavy atom. The molecule has 21 heavy (non-hydrogen) atoms. The van der Waals surface area contributed by atoms with E-state index >= 15 is 0 Å². The van der Waals surface area contributed by atoms with Crippen molar-refractivity contribution in [3.8, 4) is 0 Å². The molecule has 1 aliphatic rings. The van der Waals surface area contributed by atoms with E-state index in [-0.39, 0.29) is 0 Å². The van der Waals surface area contributed by atoms with E-state index in [1.165, 1.54) is 44.3 Å². The highest BCUT2D eigenvalue weighted by molar-refractivity contribution is 5.19. The Balaban J connectivity index is 2.07. The highest BCUT2D eigenvalue weighted by atomic mass is 15.2. The Bertz CT molecular complexity index is 399. The van der Waals surface area contributed by atoms with Gasteiger partial charge in [0.1, 0.15) is 0 Å². The molecule has 1 unspecified atom stereocenters. The summed E-state index contributed by atoms with van der Waals surface area (Å²) in [4.78, 5) is 2.70. The van der Waals surface area contributed by atoms with Crippen LogP contribution in [0.5, 0.6) is 0 Å². The van der Waals surface area contributed by atoms with Gasteiger partial charge in [-0.1, -0.05) is 51.1 Å². The highest BCUT2D eigenvalue weighted by Gasteiger charge is 2.27. The Hall–Kier alpha value is -0.860. The molecule has 1 N–H and O–H groups in total. The predicted molar refractivity (Wildman–Crippen MR) is 91.5 cm³/mol. The number of benzene rings is 1. The fourth-order valence-corrected chi connectivity index (χ4v) is 3.30. The Morgan fingerprint density at radius 2 is 1.90 bits per heavy atom. The van der Waals surface area contributed by atoms with Gasteiger partial charge >= 0.3 is 0 Å². The van der Waals surface area contributed by atoms with Crippen molar-refractivity contribution in [2.24, 2.45) is 5.41 Å². The van der Waals surface area contributed by atoms with Gasteiger partial charge in [-0.2, -0.15) is 0 Å². The average Bonchev–Trinajstić information content (AvgIpc) is 2.66. The standard InChI is InChI=1S/C19H32N2/c1-4-13-20-16-18(17-9-6-5-7-10-17)21-14-8-11-19(2,3)12-15-21/h5-7,9-10,18,20H,4,8,11-16H2,1-3H3. The largest absolute Gasteiger partial charge is 0.315 e. The molecule has 2 nitrogen and oxygen atoms in total. The molecule has 1 aliphatic heterocycles. The van der Waals surface area contributed by atoms with Gasteiger partial charge in [-0.3, -0.25) is 4.90 Å². The van der Waals surface area contributed by atoms with Gasteiger partial charge in [0.15, 0.2) is 0 Å². The third-order valence-electron chi connectivity index (χ3n) is 4.76. The molecular formula is C19H32N2. The molecule has 1 atom stereocenters. The van der Waals surface area contributed by atoms with Crippen LogP contribution in [0.15, 0.2) is 30.3 Å². The van der Waals surface area contributed by atoms with Crippen LogP contribution in [0, 0.1) is 5.41 Å². The second kappa shape index (κ2) is 7.95. The van der Waals surface area contributed by atoms with Crippen LogP contribution in [-0.4, -0.2) is 31.1 Å². The van der Waals surface area contributed by atoms with Gasteiger partial charge in [-0.25, -0.2) is 0 Å². The molecule has 1 fully saturated rings. The maximum Gasteiger partial charge on any atom is 0.0472 e. The lowest BCUT2D eigenvalue weighted by atomic mass is 9.85. The van der Waals surface area contributed by atoms with Crippen LogP contribution >= 0.6 is 0 Å². The van der Waals surface area contributed by atoms with Gasteiger partial charge in [0, 0.05) is 12.6 Å². The SMILES string of the molecule is CCCNCC(c1ccccc1)N1CCCC(C)(C)CC1. The monoisotopic (exact) mass is 288 g/mol. The molecule has 0 aliphatic carbocycles. The van der Waals surface area contributed by atoms with Gasteiger partial charge in [0.2, 0.25) is 0 Å². The Kier molecular flexibility index (Phi) is 6.25. The van der Waals surface area contributed by atoms with Gasteiger partial charge in [0.25, 0.3) is 0 Å². The fraction of sp³-hybridized carbons (Fsp3) is 0.684. The van der Waals surface area contributed by atoms with Crippen molar-refractivity contribution in [2.45, 2.75) is 52.5 Å². The van der Waals surface area contributed by atoms with E-state index < -0.39 is 0 Å². The summed E-state index contributed by atoms with van der Waals surface area (Å²) in [5, 5.41) is 3.63. The second-order valence-electron chi connectivity index (χ2n) is 7.18. The van der Waals surface area contributed by atoms with Gasteiger partial charge < -0.3 is 5.32 Å². The van der Waals surface area contributed by atoms with E-state index in [0.29, 0.717) is 11.5 Å². The average molecular weight is 288 g/mol. The lowest BCUT2D eigenvalue weighted by Gasteiger charge is -2.32. The normalized spacial score (nSPS) is 20.9. The van der Waals surface area contributed by atoms with Crippen LogP contribution in [0.4, 0.5) is 0 Å². The van der Waals surface area contributed by atoms with Crippen LogP contribution in [0.3, 0.4) is 0 Å². The molecule has 1 saturated heterocycles. The molecule has 0 amide bonds. The van der Waals surface area contributed by atoms with Crippen molar-refractivity contribution in [3.63, 3.8) is 0 Å². The fourth-order valence-electron chi connectivity index (χ4n) is 3.30. The van der Waals surface area contributed by atoms with Crippen LogP contribution in [0.1, 0.15) is 58.1 Å². The third kappa shape index (κ3) is 5.12. The van der Waals surface area contributed by atoms with E-state index in [4.69, 9.17) is 0 Å². The number of likely N-dealkylation sites (tertiary alicyclic amines) is 1. The molecule has 118 valence electrons. The molecule has 0 radical (unpaired) electrons. The maximum absolute atomic E-state index is 3.63. The van der Waals surface area contributed by atoms with Gasteiger partial charge in [-0.05, 0) is 56.3 Å². The third-order valence-corrected chi connectivity index (χ3v) is 4.76. The number of hydrogen-bond acceptors (Lipinski definition) is 2. The first-order valence-corrected chi connectivity index (χ1v) is 8.62. The zero-order chi connectivity index (χ0) is 15.1. The molecule has 2 rings (SSSR count). The van der Waals surface area contributed by atoms with Crippen molar-refractivity contribution in [2.75, 3.05) is 26.2 Å². The molecule has 0 aromatic heterocycles. The van der Waals surface area contributed by atoms with E-state index in [9.17, 15) is 0 Å². The van der Waals surface area contributed by atoms with E-state index in [1.807, 2.05) is 0 Å². The molecule has 2 heteroatoms. The first-order chi connectivity index (χ1) is 10.1. The smallest absolute Gasteiger partial charge is 0.0472 e. The molecule has 1 aromatic carbocycles. The summed E-state index contributed by atoms with van der Waals surface area (Å²) in [7, 11) is 0. The van der Waals surface area contributed by atoms with E-state index in [0.717, 1.165) is 13.1 Å². The maximum atomic E-state index is 3.63. The number of nitrogens with one attached hydrogen (secondary N) is 1. The predicted octanol–water partition coefficient (Wildman–Crippen LogP) is 4.24. The van der Waals surface area contributed by atoms with Crippen molar-refractivity contribution in [3.05, 3.63) is 35.9 Å². The number of rotatable bonds is 6. The summed E-state index contributed by atoms with van der Waals surface area (Å²) in [6.07, 6.45) is 5.19. The minimum atomic E-state index is 0.507. The molecule has 0 saturated carbocycles. The van der Waals surface area contributed by atoms with Crippen LogP contribution in [-0.2, 0) is 0 Å². The first-order valence-electron chi connectivity index (χ1n) is 8.62. The van der Waals surface area contributed by atoms with Crippen molar-refractivity contribution in [1.29, 1.82) is 0 Å². The minimum absolute atomic E-state index is 0.507. The molecular weight excluding hydrogens is 256 g/mol. The Labute approximate surface area is 130 Å². The van der Waals surface area contributed by atoms with E-state index in [1.54, 1.807) is 0 Å². The molecule has 0 spiro atoms.